The summed E-state index contributed by atoms with van der Waals surface area (Å²) in [7, 11) is 0. The van der Waals surface area contributed by atoms with Gasteiger partial charge in [-0.3, -0.25) is 4.84 Å². The summed E-state index contributed by atoms with van der Waals surface area (Å²) in [5, 5.41) is 2.07. The van der Waals surface area contributed by atoms with E-state index in [2.05, 4.69) is 58.7 Å². The first kappa shape index (κ1) is 24.5. The maximum Gasteiger partial charge on any atom is 0.170 e. The number of hydrogen-bond acceptors (Lipinski definition) is 6. The fraction of sp³-hybridized carbons (Fsp3) is 0.760. The Kier molecular flexibility index (Phi) is 8.38. The lowest BCUT2D eigenvalue weighted by Crippen LogP contribution is -2.50. The van der Waals surface area contributed by atoms with Crippen LogP contribution in [0.15, 0.2) is 24.3 Å². The van der Waals surface area contributed by atoms with E-state index in [1.165, 1.54) is 0 Å². The first-order chi connectivity index (χ1) is 14.8. The van der Waals surface area contributed by atoms with Crippen LogP contribution in [0.2, 0.25) is 0 Å². The fourth-order valence-corrected chi connectivity index (χ4v) is 4.32. The molecule has 176 valence electrons. The molecule has 0 aromatic heterocycles. The van der Waals surface area contributed by atoms with Crippen molar-refractivity contribution in [3.8, 4) is 5.75 Å². The highest BCUT2D eigenvalue weighted by Crippen LogP contribution is 2.39. The summed E-state index contributed by atoms with van der Waals surface area (Å²) < 4.78 is 23.5. The molecule has 0 saturated carbocycles. The molecule has 2 aliphatic rings. The molecular weight excluding hydrogens is 394 g/mol. The zero-order chi connectivity index (χ0) is 22.5. The molecule has 0 N–H and O–H groups in total. The maximum atomic E-state index is 6.43. The summed E-state index contributed by atoms with van der Waals surface area (Å²) in [6.07, 6.45) is 4.12. The monoisotopic (exact) mass is 435 g/mol. The van der Waals surface area contributed by atoms with Crippen LogP contribution in [0.3, 0.4) is 0 Å². The Hall–Kier alpha value is -1.18. The normalized spacial score (nSPS) is 26.9. The molecule has 0 amide bonds. The Balaban J connectivity index is 1.59. The molecule has 2 aliphatic heterocycles. The number of hydrogen-bond donors (Lipinski definition) is 0. The van der Waals surface area contributed by atoms with E-state index in [0.29, 0.717) is 13.2 Å². The lowest BCUT2D eigenvalue weighted by Gasteiger charge is -2.43. The van der Waals surface area contributed by atoms with E-state index in [4.69, 9.17) is 23.8 Å². The molecule has 4 atom stereocenters. The summed E-state index contributed by atoms with van der Waals surface area (Å²) >= 11 is 0. The van der Waals surface area contributed by atoms with E-state index in [-0.39, 0.29) is 23.9 Å². The number of nitrogens with zero attached hydrogens (tertiary/aromatic N) is 1. The molecule has 6 nitrogen and oxygen atoms in total. The lowest BCUT2D eigenvalue weighted by molar-refractivity contribution is -0.271. The van der Waals surface area contributed by atoms with E-state index < -0.39 is 5.79 Å². The Morgan fingerprint density at radius 3 is 2.42 bits per heavy atom. The number of epoxide rings is 1. The largest absolute Gasteiger partial charge is 0.491 e. The second-order valence-electron chi connectivity index (χ2n) is 9.37. The standard InChI is InChI=1S/C25H41NO5/c1-7-10-22-17-29-25(8-2,30-22)18-24(5,6)26(9-3)31-19(4)20-11-13-21(14-12-20)27-15-23-16-28-23/h11-14,19,22-23H,7-10,15-18H2,1-6H3. The van der Waals surface area contributed by atoms with Gasteiger partial charge in [-0.1, -0.05) is 39.3 Å². The molecule has 2 heterocycles. The van der Waals surface area contributed by atoms with Crippen molar-refractivity contribution >= 4 is 0 Å². The smallest absolute Gasteiger partial charge is 0.170 e. The van der Waals surface area contributed by atoms with Crippen LogP contribution >= 0.6 is 0 Å². The van der Waals surface area contributed by atoms with Crippen molar-refractivity contribution in [1.29, 1.82) is 0 Å². The molecule has 0 spiro atoms. The second-order valence-corrected chi connectivity index (χ2v) is 9.37. The predicted octanol–water partition coefficient (Wildman–Crippen LogP) is 5.27. The zero-order valence-corrected chi connectivity index (χ0v) is 20.2. The molecule has 0 bridgehead atoms. The van der Waals surface area contributed by atoms with Crippen LogP contribution in [0.4, 0.5) is 0 Å². The molecular formula is C25H41NO5. The van der Waals surface area contributed by atoms with Gasteiger partial charge in [0.25, 0.3) is 0 Å². The molecule has 1 aromatic carbocycles. The van der Waals surface area contributed by atoms with Crippen molar-refractivity contribution in [1.82, 2.24) is 5.06 Å². The van der Waals surface area contributed by atoms with Gasteiger partial charge >= 0.3 is 0 Å². The van der Waals surface area contributed by atoms with Gasteiger partial charge in [-0.25, -0.2) is 0 Å². The topological polar surface area (TPSA) is 52.7 Å². The molecule has 3 rings (SSSR count). The van der Waals surface area contributed by atoms with Crippen LogP contribution in [-0.2, 0) is 19.0 Å². The summed E-state index contributed by atoms with van der Waals surface area (Å²) in [6.45, 7) is 15.8. The minimum absolute atomic E-state index is 0.0733. The molecule has 6 heteroatoms. The number of ether oxygens (including phenoxy) is 4. The van der Waals surface area contributed by atoms with Gasteiger partial charge in [0.1, 0.15) is 24.6 Å². The van der Waals surface area contributed by atoms with E-state index >= 15 is 0 Å². The van der Waals surface area contributed by atoms with Gasteiger partial charge in [0.05, 0.1) is 19.3 Å². The summed E-state index contributed by atoms with van der Waals surface area (Å²) in [6, 6.07) is 8.14. The number of benzene rings is 1. The van der Waals surface area contributed by atoms with Crippen molar-refractivity contribution in [2.75, 3.05) is 26.4 Å². The van der Waals surface area contributed by atoms with Gasteiger partial charge in [0.15, 0.2) is 5.79 Å². The van der Waals surface area contributed by atoms with Crippen LogP contribution in [-0.4, -0.2) is 55.0 Å². The molecule has 0 aliphatic carbocycles. The van der Waals surface area contributed by atoms with E-state index in [1.54, 1.807) is 0 Å². The second kappa shape index (κ2) is 10.6. The highest BCUT2D eigenvalue weighted by Gasteiger charge is 2.45. The highest BCUT2D eigenvalue weighted by molar-refractivity contribution is 5.28. The zero-order valence-electron chi connectivity index (χ0n) is 20.2. The van der Waals surface area contributed by atoms with Crippen molar-refractivity contribution in [2.24, 2.45) is 0 Å². The van der Waals surface area contributed by atoms with Crippen LogP contribution in [0.1, 0.15) is 78.9 Å². The lowest BCUT2D eigenvalue weighted by atomic mass is 9.92. The van der Waals surface area contributed by atoms with E-state index in [9.17, 15) is 0 Å². The predicted molar refractivity (Wildman–Crippen MR) is 121 cm³/mol. The average molecular weight is 436 g/mol. The fourth-order valence-electron chi connectivity index (χ4n) is 4.32. The van der Waals surface area contributed by atoms with Gasteiger partial charge in [0, 0.05) is 18.5 Å². The molecule has 31 heavy (non-hydrogen) atoms. The minimum Gasteiger partial charge on any atom is -0.491 e. The van der Waals surface area contributed by atoms with Crippen LogP contribution in [0, 0.1) is 0 Å². The van der Waals surface area contributed by atoms with Crippen LogP contribution in [0.5, 0.6) is 5.75 Å². The Morgan fingerprint density at radius 1 is 1.13 bits per heavy atom. The molecule has 0 radical (unpaired) electrons. The van der Waals surface area contributed by atoms with E-state index in [1.807, 2.05) is 12.1 Å². The van der Waals surface area contributed by atoms with Crippen molar-refractivity contribution in [3.63, 3.8) is 0 Å². The summed E-state index contributed by atoms with van der Waals surface area (Å²) in [5.41, 5.74) is 0.874. The Bertz CT molecular complexity index is 675. The first-order valence-electron chi connectivity index (χ1n) is 11.9. The van der Waals surface area contributed by atoms with Gasteiger partial charge in [-0.15, -0.1) is 0 Å². The third kappa shape index (κ3) is 6.65. The number of rotatable bonds is 13. The third-order valence-corrected chi connectivity index (χ3v) is 6.20. The SMILES string of the molecule is CCCC1COC(CC)(CC(C)(C)N(CC)OC(C)c2ccc(OCC3CO3)cc2)O1. The van der Waals surface area contributed by atoms with Gasteiger partial charge in [-0.05, 0) is 51.3 Å². The van der Waals surface area contributed by atoms with Gasteiger partial charge < -0.3 is 18.9 Å². The first-order valence-corrected chi connectivity index (χ1v) is 11.9. The Labute approximate surface area is 188 Å². The summed E-state index contributed by atoms with van der Waals surface area (Å²) in [5.74, 6) is 0.328. The van der Waals surface area contributed by atoms with Gasteiger partial charge in [0.2, 0.25) is 0 Å². The van der Waals surface area contributed by atoms with Crippen molar-refractivity contribution < 1.29 is 23.8 Å². The van der Waals surface area contributed by atoms with Crippen LogP contribution < -0.4 is 4.74 Å². The van der Waals surface area contributed by atoms with Gasteiger partial charge in [-0.2, -0.15) is 5.06 Å². The van der Waals surface area contributed by atoms with Crippen molar-refractivity contribution in [2.45, 2.75) is 96.9 Å². The van der Waals surface area contributed by atoms with Crippen LogP contribution in [0.25, 0.3) is 0 Å². The maximum absolute atomic E-state index is 6.43. The van der Waals surface area contributed by atoms with E-state index in [0.717, 1.165) is 50.1 Å². The average Bonchev–Trinajstić information content (AvgIpc) is 3.51. The Morgan fingerprint density at radius 2 is 1.84 bits per heavy atom. The molecule has 4 unspecified atom stereocenters. The summed E-state index contributed by atoms with van der Waals surface area (Å²) in [4.78, 5) is 6.43. The van der Waals surface area contributed by atoms with Crippen molar-refractivity contribution in [3.05, 3.63) is 29.8 Å². The third-order valence-electron chi connectivity index (χ3n) is 6.20. The number of hydroxylamine groups is 2. The quantitative estimate of drug-likeness (QED) is 0.311. The molecule has 1 aromatic rings. The molecule has 2 saturated heterocycles. The minimum atomic E-state index is -0.534. The molecule has 2 fully saturated rings. The highest BCUT2D eigenvalue weighted by atomic mass is 16.7.